The third-order valence-corrected chi connectivity index (χ3v) is 2.29. The normalized spacial score (nSPS) is 12.1. The molecule has 12 heavy (non-hydrogen) atoms. The smallest absolute Gasteiger partial charge is 0.262 e. The summed E-state index contributed by atoms with van der Waals surface area (Å²) in [5.41, 5.74) is 0.625. The highest BCUT2D eigenvalue weighted by Gasteiger charge is 2.28. The Kier molecular flexibility index (Phi) is 2.64. The fraction of sp³-hybridized carbons (Fsp3) is 0.500. The van der Waals surface area contributed by atoms with Crippen molar-refractivity contribution in [1.29, 1.82) is 0 Å². The summed E-state index contributed by atoms with van der Waals surface area (Å²) in [6.45, 7) is 0.658. The van der Waals surface area contributed by atoms with Crippen molar-refractivity contribution in [3.63, 3.8) is 0 Å². The van der Waals surface area contributed by atoms with E-state index in [0.29, 0.717) is 5.69 Å². The zero-order valence-electron chi connectivity index (χ0n) is 6.19. The lowest BCUT2D eigenvalue weighted by molar-refractivity contribution is -0.142. The molecule has 1 aromatic rings. The Hall–Kier alpha value is -0.270. The van der Waals surface area contributed by atoms with Crippen LogP contribution in [0.25, 0.3) is 0 Å². The van der Waals surface area contributed by atoms with Crippen molar-refractivity contribution in [3.05, 3.63) is 15.5 Å². The predicted octanol–water partition coefficient (Wildman–Crippen LogP) is 2.36. The Morgan fingerprint density at radius 2 is 2.17 bits per heavy atom. The van der Waals surface area contributed by atoms with Gasteiger partial charge in [0.15, 0.2) is 0 Å². The summed E-state index contributed by atoms with van der Waals surface area (Å²) < 4.78 is 37.1. The van der Waals surface area contributed by atoms with Crippen molar-refractivity contribution in [2.75, 3.05) is 0 Å². The van der Waals surface area contributed by atoms with Crippen LogP contribution >= 0.6 is 22.6 Å². The van der Waals surface area contributed by atoms with E-state index in [2.05, 4.69) is 5.10 Å². The van der Waals surface area contributed by atoms with Crippen LogP contribution in [-0.4, -0.2) is 16.0 Å². The van der Waals surface area contributed by atoms with Crippen LogP contribution in [0.3, 0.4) is 0 Å². The molecule has 68 valence electrons. The Morgan fingerprint density at radius 1 is 1.58 bits per heavy atom. The van der Waals surface area contributed by atoms with Gasteiger partial charge in [0, 0.05) is 6.20 Å². The summed E-state index contributed by atoms with van der Waals surface area (Å²) in [4.78, 5) is 0. The van der Waals surface area contributed by atoms with E-state index in [1.54, 1.807) is 6.92 Å². The average molecular weight is 290 g/mol. The molecular formula is C6H6F3IN2. The number of halogens is 4. The van der Waals surface area contributed by atoms with E-state index < -0.39 is 12.7 Å². The number of hydrogen-bond acceptors (Lipinski definition) is 1. The summed E-state index contributed by atoms with van der Waals surface area (Å²) in [7, 11) is 0. The van der Waals surface area contributed by atoms with Crippen LogP contribution in [0.4, 0.5) is 13.2 Å². The van der Waals surface area contributed by atoms with Gasteiger partial charge in [-0.2, -0.15) is 18.3 Å². The second-order valence-electron chi connectivity index (χ2n) is 2.38. The highest BCUT2D eigenvalue weighted by molar-refractivity contribution is 14.1. The van der Waals surface area contributed by atoms with Gasteiger partial charge in [-0.15, -0.1) is 0 Å². The maximum Gasteiger partial charge on any atom is 0.408 e. The monoisotopic (exact) mass is 290 g/mol. The lowest BCUT2D eigenvalue weighted by atomic mass is 10.5. The third kappa shape index (κ3) is 2.65. The average Bonchev–Trinajstić information content (AvgIpc) is 2.07. The van der Waals surface area contributed by atoms with Crippen LogP contribution in [0.5, 0.6) is 0 Å². The van der Waals surface area contributed by atoms with Crippen LogP contribution in [0, 0.1) is 10.5 Å². The zero-order chi connectivity index (χ0) is 9.35. The van der Waals surface area contributed by atoms with Gasteiger partial charge in [0.1, 0.15) is 6.54 Å². The SMILES string of the molecule is Cc1nn(CC(F)(F)F)cc1I. The van der Waals surface area contributed by atoms with Crippen molar-refractivity contribution >= 4 is 22.6 Å². The summed E-state index contributed by atoms with van der Waals surface area (Å²) in [6, 6.07) is 0. The first-order valence-corrected chi connectivity index (χ1v) is 4.22. The van der Waals surface area contributed by atoms with Crippen LogP contribution in [0.2, 0.25) is 0 Å². The molecule has 0 aliphatic carbocycles. The molecule has 1 aromatic heterocycles. The van der Waals surface area contributed by atoms with E-state index in [1.165, 1.54) is 6.20 Å². The number of aryl methyl sites for hydroxylation is 1. The summed E-state index contributed by atoms with van der Waals surface area (Å²) in [5.74, 6) is 0. The molecule has 0 spiro atoms. The number of nitrogens with zero attached hydrogens (tertiary/aromatic N) is 2. The van der Waals surface area contributed by atoms with Crippen LogP contribution < -0.4 is 0 Å². The lowest BCUT2D eigenvalue weighted by Gasteiger charge is -2.04. The molecule has 0 radical (unpaired) electrons. The van der Waals surface area contributed by atoms with Crippen molar-refractivity contribution in [2.45, 2.75) is 19.6 Å². The molecular weight excluding hydrogens is 284 g/mol. The topological polar surface area (TPSA) is 17.8 Å². The zero-order valence-corrected chi connectivity index (χ0v) is 8.35. The lowest BCUT2D eigenvalue weighted by Crippen LogP contribution is -2.17. The maximum absolute atomic E-state index is 11.8. The second kappa shape index (κ2) is 3.23. The van der Waals surface area contributed by atoms with E-state index in [4.69, 9.17) is 0 Å². The highest BCUT2D eigenvalue weighted by atomic mass is 127. The van der Waals surface area contributed by atoms with Crippen molar-refractivity contribution < 1.29 is 13.2 Å². The largest absolute Gasteiger partial charge is 0.408 e. The molecule has 0 aliphatic rings. The molecule has 0 aromatic carbocycles. The Balaban J connectivity index is 2.77. The Bertz CT molecular complexity index is 259. The first-order chi connectivity index (χ1) is 5.38. The van der Waals surface area contributed by atoms with Gasteiger partial charge in [0.25, 0.3) is 0 Å². The summed E-state index contributed by atoms with van der Waals surface area (Å²) in [5, 5.41) is 3.68. The van der Waals surface area contributed by atoms with Gasteiger partial charge in [0.05, 0.1) is 9.26 Å². The van der Waals surface area contributed by atoms with Gasteiger partial charge in [-0.05, 0) is 29.5 Å². The maximum atomic E-state index is 11.8. The molecule has 1 rings (SSSR count). The molecule has 0 N–H and O–H groups in total. The molecule has 0 saturated carbocycles. The fourth-order valence-corrected chi connectivity index (χ4v) is 1.19. The van der Waals surface area contributed by atoms with Gasteiger partial charge >= 0.3 is 6.18 Å². The van der Waals surface area contributed by atoms with Gasteiger partial charge in [-0.1, -0.05) is 0 Å². The minimum absolute atomic E-state index is 0.625. The molecule has 0 aliphatic heterocycles. The molecule has 1 heterocycles. The van der Waals surface area contributed by atoms with Gasteiger partial charge < -0.3 is 0 Å². The van der Waals surface area contributed by atoms with E-state index in [9.17, 15) is 13.2 Å². The summed E-state index contributed by atoms with van der Waals surface area (Å²) in [6.07, 6.45) is -2.81. The molecule has 0 bridgehead atoms. The molecule has 0 unspecified atom stereocenters. The highest BCUT2D eigenvalue weighted by Crippen LogP contribution is 2.18. The van der Waals surface area contributed by atoms with Crippen molar-refractivity contribution in [3.8, 4) is 0 Å². The van der Waals surface area contributed by atoms with E-state index in [1.807, 2.05) is 22.6 Å². The van der Waals surface area contributed by atoms with Gasteiger partial charge in [0.2, 0.25) is 0 Å². The quantitative estimate of drug-likeness (QED) is 0.726. The number of alkyl halides is 3. The second-order valence-corrected chi connectivity index (χ2v) is 3.54. The third-order valence-electron chi connectivity index (χ3n) is 1.23. The van der Waals surface area contributed by atoms with Crippen LogP contribution in [-0.2, 0) is 6.54 Å². The fourth-order valence-electron chi connectivity index (χ4n) is 0.758. The molecule has 0 saturated heterocycles. The van der Waals surface area contributed by atoms with E-state index in [-0.39, 0.29) is 0 Å². The van der Waals surface area contributed by atoms with E-state index >= 15 is 0 Å². The molecule has 0 atom stereocenters. The van der Waals surface area contributed by atoms with Crippen LogP contribution in [0.15, 0.2) is 6.20 Å². The van der Waals surface area contributed by atoms with Crippen molar-refractivity contribution in [2.24, 2.45) is 0 Å². The predicted molar refractivity (Wildman–Crippen MR) is 45.7 cm³/mol. The number of hydrogen-bond donors (Lipinski definition) is 0. The van der Waals surface area contributed by atoms with Gasteiger partial charge in [-0.3, -0.25) is 4.68 Å². The van der Waals surface area contributed by atoms with E-state index in [0.717, 1.165) is 8.25 Å². The number of rotatable bonds is 1. The Morgan fingerprint density at radius 3 is 2.50 bits per heavy atom. The minimum Gasteiger partial charge on any atom is -0.262 e. The Labute approximate surface area is 80.9 Å². The number of aromatic nitrogens is 2. The summed E-state index contributed by atoms with van der Waals surface area (Å²) >= 11 is 1.95. The first kappa shape index (κ1) is 9.82. The first-order valence-electron chi connectivity index (χ1n) is 3.15. The molecule has 0 fully saturated rings. The molecule has 6 heteroatoms. The molecule has 2 nitrogen and oxygen atoms in total. The van der Waals surface area contributed by atoms with Gasteiger partial charge in [-0.25, -0.2) is 0 Å². The van der Waals surface area contributed by atoms with Crippen LogP contribution in [0.1, 0.15) is 5.69 Å². The minimum atomic E-state index is -4.19. The molecule has 0 amide bonds. The standard InChI is InChI=1S/C6H6F3IN2/c1-4-5(10)2-12(11-4)3-6(7,8)9/h2H,3H2,1H3. The van der Waals surface area contributed by atoms with Crippen molar-refractivity contribution in [1.82, 2.24) is 9.78 Å².